The molecular weight excluding hydrogens is 384 g/mol. The molecule has 3 heterocycles. The number of carbonyl (C=O) groups excluding carboxylic acids is 1. The molecule has 0 atom stereocenters. The maximum atomic E-state index is 12.3. The highest BCUT2D eigenvalue weighted by Gasteiger charge is 2.22. The highest BCUT2D eigenvalue weighted by atomic mass is 16.6. The van der Waals surface area contributed by atoms with Crippen molar-refractivity contribution in [3.05, 3.63) is 30.5 Å². The average molecular weight is 408 g/mol. The minimum absolute atomic E-state index is 0.00866. The SMILES string of the molecule is CNc1cc(Nc2cccc3c2OCCO3)nc2c(NC(=O)CCC3CC3)cnn12. The van der Waals surface area contributed by atoms with Crippen molar-refractivity contribution < 1.29 is 14.3 Å². The fourth-order valence-corrected chi connectivity index (χ4v) is 3.56. The summed E-state index contributed by atoms with van der Waals surface area (Å²) in [5, 5.41) is 13.8. The quantitative estimate of drug-likeness (QED) is 0.551. The lowest BCUT2D eigenvalue weighted by Crippen LogP contribution is -2.16. The smallest absolute Gasteiger partial charge is 0.224 e. The van der Waals surface area contributed by atoms with Crippen molar-refractivity contribution in [1.82, 2.24) is 14.6 Å². The molecule has 1 amide bonds. The van der Waals surface area contributed by atoms with Crippen LogP contribution in [0.1, 0.15) is 25.7 Å². The molecule has 156 valence electrons. The number of ether oxygens (including phenoxy) is 2. The van der Waals surface area contributed by atoms with Crippen LogP contribution < -0.4 is 25.4 Å². The summed E-state index contributed by atoms with van der Waals surface area (Å²) in [4.78, 5) is 17.0. The predicted octanol–water partition coefficient (Wildman–Crippen LogP) is 3.41. The molecule has 0 unspecified atom stereocenters. The number of rotatable bonds is 7. The van der Waals surface area contributed by atoms with Crippen molar-refractivity contribution in [3.63, 3.8) is 0 Å². The number of nitrogens with zero attached hydrogens (tertiary/aromatic N) is 3. The maximum absolute atomic E-state index is 12.3. The van der Waals surface area contributed by atoms with Crippen LogP contribution in [0.2, 0.25) is 0 Å². The summed E-state index contributed by atoms with van der Waals surface area (Å²) in [5.41, 5.74) is 1.91. The van der Waals surface area contributed by atoms with Crippen LogP contribution >= 0.6 is 0 Å². The fraction of sp³-hybridized carbons (Fsp3) is 0.381. The Labute approximate surface area is 173 Å². The van der Waals surface area contributed by atoms with E-state index in [0.29, 0.717) is 54.2 Å². The van der Waals surface area contributed by atoms with Gasteiger partial charge in [0.15, 0.2) is 17.1 Å². The summed E-state index contributed by atoms with van der Waals surface area (Å²) in [6.07, 6.45) is 5.57. The van der Waals surface area contributed by atoms with Gasteiger partial charge in [0.05, 0.1) is 11.9 Å². The second-order valence-corrected chi connectivity index (χ2v) is 7.56. The first-order valence-corrected chi connectivity index (χ1v) is 10.2. The molecule has 2 aliphatic rings. The molecule has 0 radical (unpaired) electrons. The van der Waals surface area contributed by atoms with E-state index >= 15 is 0 Å². The number of aromatic nitrogens is 3. The van der Waals surface area contributed by atoms with Crippen molar-refractivity contribution >= 4 is 34.6 Å². The summed E-state index contributed by atoms with van der Waals surface area (Å²) in [6.45, 7) is 1.03. The minimum atomic E-state index is -0.00866. The van der Waals surface area contributed by atoms with Gasteiger partial charge >= 0.3 is 0 Å². The van der Waals surface area contributed by atoms with E-state index in [1.807, 2.05) is 31.3 Å². The standard InChI is InChI=1S/C21H24N6O3/c1-22-18-11-17(24-14-3-2-4-16-20(14)30-10-9-29-16)26-21-15(12-23-27(18)21)25-19(28)8-7-13-5-6-13/h2-4,11-13,22H,5-10H2,1H3,(H,24,26)(H,25,28). The van der Waals surface area contributed by atoms with Crippen molar-refractivity contribution in [2.24, 2.45) is 5.92 Å². The van der Waals surface area contributed by atoms with E-state index in [1.165, 1.54) is 12.8 Å². The number of amides is 1. The normalized spacial score (nSPS) is 15.1. The molecule has 1 fully saturated rings. The van der Waals surface area contributed by atoms with E-state index in [1.54, 1.807) is 10.7 Å². The second-order valence-electron chi connectivity index (χ2n) is 7.56. The van der Waals surface area contributed by atoms with Gasteiger partial charge < -0.3 is 25.4 Å². The summed E-state index contributed by atoms with van der Waals surface area (Å²) in [6, 6.07) is 7.54. The number of hydrogen-bond acceptors (Lipinski definition) is 7. The van der Waals surface area contributed by atoms with Gasteiger partial charge in [-0.2, -0.15) is 9.61 Å². The van der Waals surface area contributed by atoms with Gasteiger partial charge in [-0.25, -0.2) is 4.98 Å². The molecular formula is C21H24N6O3. The van der Waals surface area contributed by atoms with E-state index in [2.05, 4.69) is 26.0 Å². The van der Waals surface area contributed by atoms with Gasteiger partial charge in [-0.15, -0.1) is 0 Å². The molecule has 3 N–H and O–H groups in total. The molecule has 9 heteroatoms. The van der Waals surface area contributed by atoms with E-state index in [-0.39, 0.29) is 5.91 Å². The number of para-hydroxylation sites is 1. The van der Waals surface area contributed by atoms with Crippen LogP contribution in [-0.4, -0.2) is 40.8 Å². The highest BCUT2D eigenvalue weighted by molar-refractivity contribution is 5.94. The highest BCUT2D eigenvalue weighted by Crippen LogP contribution is 2.39. The molecule has 30 heavy (non-hydrogen) atoms. The number of fused-ring (bicyclic) bond motifs is 2. The predicted molar refractivity (Wildman–Crippen MR) is 114 cm³/mol. The van der Waals surface area contributed by atoms with Gasteiger partial charge in [0.1, 0.15) is 30.5 Å². The third kappa shape index (κ3) is 3.70. The number of nitrogens with one attached hydrogen (secondary N) is 3. The number of hydrogen-bond donors (Lipinski definition) is 3. The second kappa shape index (κ2) is 7.74. The van der Waals surface area contributed by atoms with Gasteiger partial charge in [-0.05, 0) is 24.5 Å². The monoisotopic (exact) mass is 408 g/mol. The fourth-order valence-electron chi connectivity index (χ4n) is 3.56. The lowest BCUT2D eigenvalue weighted by molar-refractivity contribution is -0.116. The van der Waals surface area contributed by atoms with Crippen molar-refractivity contribution in [1.29, 1.82) is 0 Å². The van der Waals surface area contributed by atoms with Crippen LogP contribution in [-0.2, 0) is 4.79 Å². The summed E-state index contributed by atoms with van der Waals surface area (Å²) in [7, 11) is 1.81. The molecule has 1 aliphatic heterocycles. The zero-order valence-electron chi connectivity index (χ0n) is 16.8. The Balaban J connectivity index is 1.43. The number of benzene rings is 1. The van der Waals surface area contributed by atoms with Gasteiger partial charge in [0, 0.05) is 19.5 Å². The summed E-state index contributed by atoms with van der Waals surface area (Å²) >= 11 is 0. The van der Waals surface area contributed by atoms with Gasteiger partial charge in [-0.1, -0.05) is 18.9 Å². The average Bonchev–Trinajstić information content (AvgIpc) is 3.52. The largest absolute Gasteiger partial charge is 0.486 e. The Morgan fingerprint density at radius 3 is 2.93 bits per heavy atom. The molecule has 1 aromatic carbocycles. The Morgan fingerprint density at radius 2 is 2.10 bits per heavy atom. The Kier molecular flexibility index (Phi) is 4.78. The Morgan fingerprint density at radius 1 is 1.23 bits per heavy atom. The minimum Gasteiger partial charge on any atom is -0.486 e. The molecule has 5 rings (SSSR count). The molecule has 1 aliphatic carbocycles. The number of anilines is 4. The van der Waals surface area contributed by atoms with Crippen molar-refractivity contribution in [2.75, 3.05) is 36.2 Å². The van der Waals surface area contributed by atoms with Crippen LogP contribution in [0, 0.1) is 5.92 Å². The summed E-state index contributed by atoms with van der Waals surface area (Å²) in [5.74, 6) is 3.41. The van der Waals surface area contributed by atoms with E-state index in [4.69, 9.17) is 9.47 Å². The number of carbonyl (C=O) groups is 1. The zero-order valence-corrected chi connectivity index (χ0v) is 16.8. The van der Waals surface area contributed by atoms with Gasteiger partial charge in [0.25, 0.3) is 0 Å². The molecule has 0 spiro atoms. The van der Waals surface area contributed by atoms with Crippen molar-refractivity contribution in [2.45, 2.75) is 25.7 Å². The molecule has 9 nitrogen and oxygen atoms in total. The Bertz CT molecular complexity index is 1090. The molecule has 3 aromatic rings. The molecule has 2 aromatic heterocycles. The topological polar surface area (TPSA) is 102 Å². The van der Waals surface area contributed by atoms with Crippen molar-refractivity contribution in [3.8, 4) is 11.5 Å². The van der Waals surface area contributed by atoms with Gasteiger partial charge in [0.2, 0.25) is 5.91 Å². The third-order valence-electron chi connectivity index (χ3n) is 5.31. The maximum Gasteiger partial charge on any atom is 0.224 e. The van der Waals surface area contributed by atoms with Gasteiger partial charge in [-0.3, -0.25) is 4.79 Å². The Hall–Kier alpha value is -3.49. The zero-order chi connectivity index (χ0) is 20.5. The molecule has 1 saturated carbocycles. The van der Waals surface area contributed by atoms with Crippen LogP contribution in [0.4, 0.5) is 23.0 Å². The van der Waals surface area contributed by atoms with E-state index in [9.17, 15) is 4.79 Å². The molecule has 0 bridgehead atoms. The lowest BCUT2D eigenvalue weighted by atomic mass is 10.2. The lowest BCUT2D eigenvalue weighted by Gasteiger charge is -2.21. The van der Waals surface area contributed by atoms with Crippen LogP contribution in [0.3, 0.4) is 0 Å². The third-order valence-corrected chi connectivity index (χ3v) is 5.31. The van der Waals surface area contributed by atoms with Crippen LogP contribution in [0.5, 0.6) is 11.5 Å². The van der Waals surface area contributed by atoms with E-state index in [0.717, 1.165) is 17.9 Å². The first-order valence-electron chi connectivity index (χ1n) is 10.2. The first kappa shape index (κ1) is 18.5. The van der Waals surface area contributed by atoms with Crippen LogP contribution in [0.25, 0.3) is 5.65 Å². The van der Waals surface area contributed by atoms with Crippen LogP contribution in [0.15, 0.2) is 30.5 Å². The molecule has 0 saturated heterocycles. The van der Waals surface area contributed by atoms with E-state index < -0.39 is 0 Å². The summed E-state index contributed by atoms with van der Waals surface area (Å²) < 4.78 is 13.1. The first-order chi connectivity index (χ1) is 14.7.